The van der Waals surface area contributed by atoms with E-state index in [1.165, 1.54) is 0 Å². The zero-order chi connectivity index (χ0) is 14.3. The molecule has 1 amide bonds. The zero-order valence-corrected chi connectivity index (χ0v) is 12.6. The second kappa shape index (κ2) is 7.95. The van der Waals surface area contributed by atoms with Crippen LogP contribution in [0.3, 0.4) is 0 Å². The fourth-order valence-corrected chi connectivity index (χ4v) is 2.13. The van der Waals surface area contributed by atoms with Gasteiger partial charge in [-0.2, -0.15) is 0 Å². The minimum atomic E-state index is 0.166. The van der Waals surface area contributed by atoms with Gasteiger partial charge in [-0.05, 0) is 46.0 Å². The number of likely N-dealkylation sites (N-methyl/N-ethyl adjacent to an activating group) is 1. The molecule has 0 spiro atoms. The first-order valence-corrected chi connectivity index (χ1v) is 7.12. The number of carbonyl (C=O) groups is 1. The van der Waals surface area contributed by atoms with Crippen LogP contribution in [0.4, 0.5) is 5.69 Å². The van der Waals surface area contributed by atoms with E-state index in [1.54, 1.807) is 0 Å². The van der Waals surface area contributed by atoms with Gasteiger partial charge in [-0.3, -0.25) is 9.69 Å². The van der Waals surface area contributed by atoms with Crippen LogP contribution >= 0.6 is 0 Å². The van der Waals surface area contributed by atoms with Gasteiger partial charge in [0, 0.05) is 11.7 Å². The minimum Gasteiger partial charge on any atom is -0.309 e. The van der Waals surface area contributed by atoms with Crippen LogP contribution in [-0.2, 0) is 4.79 Å². The Balaban J connectivity index is 2.69. The lowest BCUT2D eigenvalue weighted by molar-refractivity contribution is -0.119. The van der Waals surface area contributed by atoms with E-state index in [2.05, 4.69) is 25.7 Å². The summed E-state index contributed by atoms with van der Waals surface area (Å²) in [5.74, 6) is 0.166. The van der Waals surface area contributed by atoms with E-state index >= 15 is 0 Å². The van der Waals surface area contributed by atoms with E-state index in [0.717, 1.165) is 25.1 Å². The van der Waals surface area contributed by atoms with Crippen molar-refractivity contribution in [1.29, 1.82) is 0 Å². The highest BCUT2D eigenvalue weighted by Gasteiger charge is 2.19. The summed E-state index contributed by atoms with van der Waals surface area (Å²) in [6, 6.07) is 10.1. The summed E-state index contributed by atoms with van der Waals surface area (Å²) in [6.07, 6.45) is 2.29. The average Bonchev–Trinajstić information content (AvgIpc) is 2.37. The van der Waals surface area contributed by atoms with Crippen LogP contribution in [0.5, 0.6) is 0 Å². The Kier molecular flexibility index (Phi) is 6.57. The molecule has 0 bridgehead atoms. The van der Waals surface area contributed by atoms with Crippen LogP contribution in [0.2, 0.25) is 0 Å². The number of rotatable bonds is 7. The Hall–Kier alpha value is -1.35. The predicted octanol–water partition coefficient (Wildman–Crippen LogP) is 3.16. The van der Waals surface area contributed by atoms with E-state index in [9.17, 15) is 4.79 Å². The van der Waals surface area contributed by atoms with E-state index in [-0.39, 0.29) is 11.9 Å². The number of benzene rings is 1. The summed E-state index contributed by atoms with van der Waals surface area (Å²) in [7, 11) is 2.01. The van der Waals surface area contributed by atoms with Crippen molar-refractivity contribution >= 4 is 11.6 Å². The second-order valence-electron chi connectivity index (χ2n) is 5.28. The standard InChI is InChI=1S/C16H26N2O/c1-5-6-12-17(4)13-16(19)18(14(2)3)15-10-8-7-9-11-15/h7-11,14H,5-6,12-13H2,1-4H3. The number of nitrogens with zero attached hydrogens (tertiary/aromatic N) is 2. The van der Waals surface area contributed by atoms with E-state index in [4.69, 9.17) is 0 Å². The maximum atomic E-state index is 12.4. The molecule has 3 heteroatoms. The maximum absolute atomic E-state index is 12.4. The third kappa shape index (κ3) is 5.03. The molecule has 3 nitrogen and oxygen atoms in total. The molecular weight excluding hydrogens is 236 g/mol. The quantitative estimate of drug-likeness (QED) is 0.753. The first-order chi connectivity index (χ1) is 9.06. The van der Waals surface area contributed by atoms with Crippen LogP contribution in [0.15, 0.2) is 30.3 Å². The fourth-order valence-electron chi connectivity index (χ4n) is 2.13. The molecule has 0 heterocycles. The Morgan fingerprint density at radius 3 is 2.37 bits per heavy atom. The smallest absolute Gasteiger partial charge is 0.241 e. The molecule has 0 aliphatic rings. The Labute approximate surface area is 117 Å². The zero-order valence-electron chi connectivity index (χ0n) is 12.6. The topological polar surface area (TPSA) is 23.6 Å². The molecule has 0 fully saturated rings. The molecule has 0 aliphatic carbocycles. The molecule has 1 rings (SSSR count). The van der Waals surface area contributed by atoms with Crippen LogP contribution in [0.1, 0.15) is 33.6 Å². The number of para-hydroxylation sites is 1. The van der Waals surface area contributed by atoms with Gasteiger partial charge in [0.25, 0.3) is 0 Å². The van der Waals surface area contributed by atoms with Crippen molar-refractivity contribution < 1.29 is 4.79 Å². The lowest BCUT2D eigenvalue weighted by Crippen LogP contribution is -2.43. The van der Waals surface area contributed by atoms with Gasteiger partial charge < -0.3 is 4.90 Å². The molecule has 0 saturated heterocycles. The summed E-state index contributed by atoms with van der Waals surface area (Å²) in [4.78, 5) is 16.4. The monoisotopic (exact) mass is 262 g/mol. The summed E-state index contributed by atoms with van der Waals surface area (Å²) >= 11 is 0. The van der Waals surface area contributed by atoms with Gasteiger partial charge in [0.05, 0.1) is 6.54 Å². The van der Waals surface area contributed by atoms with Crippen LogP contribution in [0.25, 0.3) is 0 Å². The number of anilines is 1. The van der Waals surface area contributed by atoms with Gasteiger partial charge in [-0.1, -0.05) is 31.5 Å². The highest BCUT2D eigenvalue weighted by molar-refractivity contribution is 5.95. The fraction of sp³-hybridized carbons (Fsp3) is 0.562. The van der Waals surface area contributed by atoms with E-state index in [0.29, 0.717) is 6.54 Å². The van der Waals surface area contributed by atoms with E-state index in [1.807, 2.05) is 42.3 Å². The predicted molar refractivity (Wildman–Crippen MR) is 81.5 cm³/mol. The molecule has 1 aromatic carbocycles. The van der Waals surface area contributed by atoms with Crippen molar-refractivity contribution in [2.24, 2.45) is 0 Å². The summed E-state index contributed by atoms with van der Waals surface area (Å²) in [5.41, 5.74) is 0.978. The Bertz CT molecular complexity index is 376. The molecule has 0 N–H and O–H groups in total. The van der Waals surface area contributed by atoms with Crippen molar-refractivity contribution in [1.82, 2.24) is 4.90 Å². The van der Waals surface area contributed by atoms with Crippen molar-refractivity contribution in [3.05, 3.63) is 30.3 Å². The summed E-state index contributed by atoms with van der Waals surface area (Å²) in [5, 5.41) is 0. The third-order valence-corrected chi connectivity index (χ3v) is 3.12. The lowest BCUT2D eigenvalue weighted by atomic mass is 10.2. The molecule has 0 saturated carbocycles. The first kappa shape index (κ1) is 15.7. The highest BCUT2D eigenvalue weighted by atomic mass is 16.2. The number of hydrogen-bond donors (Lipinski definition) is 0. The van der Waals surface area contributed by atoms with Gasteiger partial charge in [0.1, 0.15) is 0 Å². The van der Waals surface area contributed by atoms with Crippen molar-refractivity contribution in [3.8, 4) is 0 Å². The van der Waals surface area contributed by atoms with Crippen molar-refractivity contribution in [2.45, 2.75) is 39.7 Å². The molecule has 0 radical (unpaired) electrons. The third-order valence-electron chi connectivity index (χ3n) is 3.12. The number of unbranched alkanes of at least 4 members (excludes halogenated alkanes) is 1. The van der Waals surface area contributed by atoms with Crippen LogP contribution in [0, 0.1) is 0 Å². The van der Waals surface area contributed by atoms with Crippen molar-refractivity contribution in [3.63, 3.8) is 0 Å². The molecule has 19 heavy (non-hydrogen) atoms. The molecule has 0 atom stereocenters. The van der Waals surface area contributed by atoms with Gasteiger partial charge in [0.15, 0.2) is 0 Å². The molecule has 0 unspecified atom stereocenters. The second-order valence-corrected chi connectivity index (χ2v) is 5.28. The molecule has 106 valence electrons. The van der Waals surface area contributed by atoms with E-state index < -0.39 is 0 Å². The van der Waals surface area contributed by atoms with Gasteiger partial charge in [0.2, 0.25) is 5.91 Å². The molecule has 0 aromatic heterocycles. The van der Waals surface area contributed by atoms with Crippen molar-refractivity contribution in [2.75, 3.05) is 25.0 Å². The number of hydrogen-bond acceptors (Lipinski definition) is 2. The number of amides is 1. The van der Waals surface area contributed by atoms with Crippen LogP contribution in [-0.4, -0.2) is 37.0 Å². The number of carbonyl (C=O) groups excluding carboxylic acids is 1. The SMILES string of the molecule is CCCCN(C)CC(=O)N(c1ccccc1)C(C)C. The largest absolute Gasteiger partial charge is 0.309 e. The maximum Gasteiger partial charge on any atom is 0.241 e. The normalized spacial score (nSPS) is 11.1. The minimum absolute atomic E-state index is 0.166. The van der Waals surface area contributed by atoms with Gasteiger partial charge in [-0.15, -0.1) is 0 Å². The van der Waals surface area contributed by atoms with Gasteiger partial charge in [-0.25, -0.2) is 0 Å². The average molecular weight is 262 g/mol. The van der Waals surface area contributed by atoms with Crippen LogP contribution < -0.4 is 4.90 Å². The summed E-state index contributed by atoms with van der Waals surface area (Å²) < 4.78 is 0. The summed E-state index contributed by atoms with van der Waals surface area (Å²) in [6.45, 7) is 7.73. The molecule has 0 aliphatic heterocycles. The lowest BCUT2D eigenvalue weighted by Gasteiger charge is -2.29. The molecular formula is C16H26N2O. The van der Waals surface area contributed by atoms with Gasteiger partial charge >= 0.3 is 0 Å². The Morgan fingerprint density at radius 2 is 1.84 bits per heavy atom. The first-order valence-electron chi connectivity index (χ1n) is 7.12. The highest BCUT2D eigenvalue weighted by Crippen LogP contribution is 2.16. The Morgan fingerprint density at radius 1 is 1.21 bits per heavy atom. The molecule has 1 aromatic rings.